The third kappa shape index (κ3) is 7.22. The molecule has 282 valence electrons. The van der Waals surface area contributed by atoms with E-state index in [0.717, 1.165) is 109 Å². The van der Waals surface area contributed by atoms with Crippen molar-refractivity contribution >= 4 is 23.2 Å². The first kappa shape index (κ1) is 35.9. The van der Waals surface area contributed by atoms with Crippen LogP contribution >= 0.6 is 0 Å². The number of rotatable bonds is 5. The number of carbonyl (C=O) groups is 2. The number of imidazole rings is 2. The summed E-state index contributed by atoms with van der Waals surface area (Å²) >= 11 is 0. The van der Waals surface area contributed by atoms with Crippen LogP contribution in [0, 0.1) is 0 Å². The van der Waals surface area contributed by atoms with E-state index in [-0.39, 0.29) is 12.1 Å². The molecule has 2 amide bonds. The molecule has 10 heteroatoms. The molecule has 2 aliphatic carbocycles. The van der Waals surface area contributed by atoms with Crippen molar-refractivity contribution in [3.05, 3.63) is 83.6 Å². The lowest BCUT2D eigenvalue weighted by molar-refractivity contribution is 0.0218. The second-order valence-corrected chi connectivity index (χ2v) is 17.3. The Hall–Kier alpha value is -5.12. The summed E-state index contributed by atoms with van der Waals surface area (Å²) < 4.78 is 11.4. The Kier molecular flexibility index (Phi) is 9.05. The normalized spacial score (nSPS) is 18.3. The Morgan fingerprint density at radius 3 is 2.15 bits per heavy atom. The van der Waals surface area contributed by atoms with Gasteiger partial charge >= 0.3 is 12.2 Å². The first-order valence-electron chi connectivity index (χ1n) is 19.6. The van der Waals surface area contributed by atoms with Gasteiger partial charge in [-0.05, 0) is 120 Å². The molecule has 0 radical (unpaired) electrons. The number of aromatic nitrogens is 4. The van der Waals surface area contributed by atoms with Crippen LogP contribution in [0.25, 0.3) is 44.5 Å². The second kappa shape index (κ2) is 13.6. The molecule has 1 atom stereocenters. The second-order valence-electron chi connectivity index (χ2n) is 17.3. The van der Waals surface area contributed by atoms with Crippen molar-refractivity contribution in [2.45, 2.75) is 122 Å². The van der Waals surface area contributed by atoms with Crippen LogP contribution in [0.2, 0.25) is 0 Å². The van der Waals surface area contributed by atoms with Gasteiger partial charge in [-0.3, -0.25) is 4.90 Å². The number of aromatic amines is 2. The average Bonchev–Trinajstić information content (AvgIpc) is 3.89. The first-order valence-corrected chi connectivity index (χ1v) is 19.6. The van der Waals surface area contributed by atoms with Crippen molar-refractivity contribution in [3.8, 4) is 33.5 Å². The minimum absolute atomic E-state index is 0.122. The number of alkyl carbamates (subject to hydrolysis) is 1. The third-order valence-corrected chi connectivity index (χ3v) is 10.9. The highest BCUT2D eigenvalue weighted by Gasteiger charge is 2.41. The summed E-state index contributed by atoms with van der Waals surface area (Å²) in [7, 11) is 0. The number of H-pyrrole nitrogens is 2. The number of carbonyl (C=O) groups excluding carboxylic acids is 2. The van der Waals surface area contributed by atoms with Crippen LogP contribution < -0.4 is 5.32 Å². The van der Waals surface area contributed by atoms with Gasteiger partial charge in [-0.25, -0.2) is 19.6 Å². The number of aryl methyl sites for hydroxylation is 2. The van der Waals surface area contributed by atoms with Crippen molar-refractivity contribution in [1.29, 1.82) is 0 Å². The summed E-state index contributed by atoms with van der Waals surface area (Å²) in [6.07, 6.45) is 7.76. The molecular weight excluding hydrogens is 677 g/mol. The summed E-state index contributed by atoms with van der Waals surface area (Å²) in [5.74, 6) is 1.65. The van der Waals surface area contributed by atoms with Gasteiger partial charge in [-0.2, -0.15) is 0 Å². The van der Waals surface area contributed by atoms with E-state index in [2.05, 4.69) is 69.9 Å². The highest BCUT2D eigenvalue weighted by Crippen LogP contribution is 2.41. The number of fused-ring (bicyclic) bond motifs is 4. The van der Waals surface area contributed by atoms with Crippen LogP contribution in [0.15, 0.2) is 60.7 Å². The number of benzene rings is 3. The molecule has 3 aliphatic rings. The molecule has 3 aromatic carbocycles. The smallest absolute Gasteiger partial charge is 0.410 e. The molecule has 54 heavy (non-hydrogen) atoms. The predicted molar refractivity (Wildman–Crippen MR) is 211 cm³/mol. The number of hydrogen-bond donors (Lipinski definition) is 3. The highest BCUT2D eigenvalue weighted by atomic mass is 16.6. The number of nitrogens with one attached hydrogen (secondary N) is 3. The van der Waals surface area contributed by atoms with Crippen LogP contribution in [0.5, 0.6) is 0 Å². The molecule has 1 aliphatic heterocycles. The first-order chi connectivity index (χ1) is 25.7. The SMILES string of the molecule is CC(C)(C)OC(=O)NC1(c2nc3c([nH]2)-c2ccc(-c4ccc(-c5ccc6nc([C@@H]7CCCN7C(=O)OC(C)(C)C)[nH]c6c5)cc4)cc2CC3)CCCCC1. The average molecular weight is 729 g/mol. The Bertz CT molecular complexity index is 2200. The number of hydrogen-bond acceptors (Lipinski definition) is 6. The van der Waals surface area contributed by atoms with Gasteiger partial charge in [0.05, 0.1) is 28.5 Å². The van der Waals surface area contributed by atoms with Gasteiger partial charge in [-0.15, -0.1) is 0 Å². The zero-order valence-corrected chi connectivity index (χ0v) is 32.4. The third-order valence-electron chi connectivity index (χ3n) is 10.9. The van der Waals surface area contributed by atoms with Crippen molar-refractivity contribution in [2.75, 3.05) is 6.54 Å². The maximum Gasteiger partial charge on any atom is 0.410 e. The maximum atomic E-state index is 13.0. The predicted octanol–water partition coefficient (Wildman–Crippen LogP) is 10.1. The van der Waals surface area contributed by atoms with Gasteiger partial charge in [0.2, 0.25) is 0 Å². The van der Waals surface area contributed by atoms with Gasteiger partial charge in [0.15, 0.2) is 0 Å². The lowest BCUT2D eigenvalue weighted by atomic mass is 9.81. The maximum absolute atomic E-state index is 13.0. The lowest BCUT2D eigenvalue weighted by Crippen LogP contribution is -2.49. The zero-order valence-electron chi connectivity index (χ0n) is 32.4. The van der Waals surface area contributed by atoms with Gasteiger partial charge in [0, 0.05) is 12.1 Å². The number of nitrogens with zero attached hydrogens (tertiary/aromatic N) is 3. The van der Waals surface area contributed by atoms with Crippen LogP contribution in [-0.4, -0.2) is 54.8 Å². The van der Waals surface area contributed by atoms with Crippen LogP contribution in [0.4, 0.5) is 9.59 Å². The molecule has 0 bridgehead atoms. The molecule has 8 rings (SSSR count). The number of amides is 2. The topological polar surface area (TPSA) is 125 Å². The fourth-order valence-electron chi connectivity index (χ4n) is 8.40. The molecule has 1 saturated carbocycles. The summed E-state index contributed by atoms with van der Waals surface area (Å²) in [6.45, 7) is 12.0. The lowest BCUT2D eigenvalue weighted by Gasteiger charge is -2.36. The van der Waals surface area contributed by atoms with E-state index in [0.29, 0.717) is 6.54 Å². The number of ether oxygens (including phenoxy) is 2. The quantitative estimate of drug-likeness (QED) is 0.165. The Morgan fingerprint density at radius 2 is 1.44 bits per heavy atom. The van der Waals surface area contributed by atoms with E-state index in [1.165, 1.54) is 16.7 Å². The molecular formula is C44H52N6O4. The van der Waals surface area contributed by atoms with Crippen molar-refractivity contribution in [3.63, 3.8) is 0 Å². The minimum atomic E-state index is -0.567. The largest absolute Gasteiger partial charge is 0.444 e. The summed E-state index contributed by atoms with van der Waals surface area (Å²) in [6, 6.07) is 21.6. The van der Waals surface area contributed by atoms with Gasteiger partial charge in [0.25, 0.3) is 0 Å². The zero-order chi connectivity index (χ0) is 37.8. The van der Waals surface area contributed by atoms with E-state index >= 15 is 0 Å². The van der Waals surface area contributed by atoms with Crippen LogP contribution in [0.1, 0.15) is 115 Å². The Labute approximate surface area is 317 Å². The molecule has 2 aromatic heterocycles. The van der Waals surface area contributed by atoms with Gasteiger partial charge in [-0.1, -0.05) is 67.8 Å². The molecule has 0 spiro atoms. The van der Waals surface area contributed by atoms with Gasteiger partial charge in [0.1, 0.15) is 28.4 Å². The summed E-state index contributed by atoms with van der Waals surface area (Å²) in [5.41, 5.74) is 9.34. The Morgan fingerprint density at radius 1 is 0.778 bits per heavy atom. The summed E-state index contributed by atoms with van der Waals surface area (Å²) in [4.78, 5) is 44.9. The monoisotopic (exact) mass is 728 g/mol. The van der Waals surface area contributed by atoms with E-state index in [1.54, 1.807) is 4.90 Å². The molecule has 1 saturated heterocycles. The fourth-order valence-corrected chi connectivity index (χ4v) is 8.40. The molecule has 10 nitrogen and oxygen atoms in total. The standard InChI is InChI=1S/C44H52N6O4/c1-42(2,3)53-40(51)49-44(22-8-7-9-23-44)39-47-34-21-18-31-25-29(16-19-32(31)37(34)48-39)27-12-14-28(15-13-27)30-17-20-33-35(26-30)46-38(45-33)36-11-10-24-50(36)41(52)54-43(4,5)6/h12-17,19-20,25-26,36H,7-11,18,21-24H2,1-6H3,(H,45,46)(H,47,48)(H,49,51)/t36-/m0/s1. The van der Waals surface area contributed by atoms with Crippen molar-refractivity contribution in [2.24, 2.45) is 0 Å². The molecule has 3 heterocycles. The van der Waals surface area contributed by atoms with Crippen molar-refractivity contribution in [1.82, 2.24) is 30.2 Å². The number of likely N-dealkylation sites (tertiary alicyclic amines) is 1. The van der Waals surface area contributed by atoms with E-state index in [4.69, 9.17) is 19.4 Å². The van der Waals surface area contributed by atoms with Crippen LogP contribution in [-0.2, 0) is 27.9 Å². The fraction of sp³-hybridized carbons (Fsp3) is 0.455. The van der Waals surface area contributed by atoms with E-state index < -0.39 is 22.8 Å². The molecule has 3 N–H and O–H groups in total. The summed E-state index contributed by atoms with van der Waals surface area (Å²) in [5, 5.41) is 3.24. The molecule has 0 unspecified atom stereocenters. The van der Waals surface area contributed by atoms with Crippen molar-refractivity contribution < 1.29 is 19.1 Å². The Balaban J connectivity index is 0.999. The van der Waals surface area contributed by atoms with E-state index in [1.807, 2.05) is 47.6 Å². The highest BCUT2D eigenvalue weighted by molar-refractivity contribution is 5.83. The van der Waals surface area contributed by atoms with Crippen LogP contribution in [0.3, 0.4) is 0 Å². The molecule has 5 aromatic rings. The minimum Gasteiger partial charge on any atom is -0.444 e. The van der Waals surface area contributed by atoms with Gasteiger partial charge < -0.3 is 24.8 Å². The van der Waals surface area contributed by atoms with E-state index in [9.17, 15) is 9.59 Å². The molecule has 2 fully saturated rings.